The second-order valence-corrected chi connectivity index (χ2v) is 7.06. The van der Waals surface area contributed by atoms with E-state index in [1.807, 2.05) is 29.2 Å². The van der Waals surface area contributed by atoms with Gasteiger partial charge in [0, 0.05) is 59.9 Å². The van der Waals surface area contributed by atoms with Gasteiger partial charge < -0.3 is 4.90 Å². The Morgan fingerprint density at radius 1 is 1.07 bits per heavy atom. The fourth-order valence-corrected chi connectivity index (χ4v) is 3.76. The van der Waals surface area contributed by atoms with Crippen LogP contribution in [0.2, 0.25) is 5.02 Å². The second kappa shape index (κ2) is 7.84. The second-order valence-electron chi connectivity index (χ2n) is 6.63. The van der Waals surface area contributed by atoms with Crippen LogP contribution in [0.15, 0.2) is 61.2 Å². The molecule has 4 rings (SSSR count). The minimum atomic E-state index is 0.0373. The molecule has 1 aliphatic heterocycles. The van der Waals surface area contributed by atoms with E-state index in [1.165, 1.54) is 0 Å². The maximum atomic E-state index is 12.8. The highest BCUT2D eigenvalue weighted by Crippen LogP contribution is 2.33. The van der Waals surface area contributed by atoms with Crippen LogP contribution in [0.5, 0.6) is 0 Å². The molecule has 1 amide bonds. The Labute approximate surface area is 163 Å². The molecular formula is C21H19ClN4O. The van der Waals surface area contributed by atoms with Gasteiger partial charge in [0.25, 0.3) is 5.91 Å². The fraction of sp³-hybridized carbons (Fsp3) is 0.238. The van der Waals surface area contributed by atoms with E-state index in [0.717, 1.165) is 36.3 Å². The van der Waals surface area contributed by atoms with Gasteiger partial charge >= 0.3 is 0 Å². The van der Waals surface area contributed by atoms with Crippen LogP contribution in [0.1, 0.15) is 34.8 Å². The summed E-state index contributed by atoms with van der Waals surface area (Å²) >= 11 is 6.16. The molecule has 0 N–H and O–H groups in total. The lowest BCUT2D eigenvalue weighted by Crippen LogP contribution is -2.39. The molecule has 0 bridgehead atoms. The molecule has 0 saturated carbocycles. The summed E-state index contributed by atoms with van der Waals surface area (Å²) in [5.41, 5.74) is 3.37. The number of halogens is 1. The maximum Gasteiger partial charge on any atom is 0.253 e. The van der Waals surface area contributed by atoms with Crippen molar-refractivity contribution in [1.29, 1.82) is 0 Å². The molecule has 2 aromatic heterocycles. The largest absolute Gasteiger partial charge is 0.338 e. The van der Waals surface area contributed by atoms with Gasteiger partial charge in [0.2, 0.25) is 0 Å². The van der Waals surface area contributed by atoms with E-state index in [9.17, 15) is 4.79 Å². The van der Waals surface area contributed by atoms with Crippen molar-refractivity contribution >= 4 is 17.5 Å². The van der Waals surface area contributed by atoms with E-state index in [-0.39, 0.29) is 11.8 Å². The molecule has 5 nitrogen and oxygen atoms in total. The molecule has 1 aliphatic rings. The number of pyridine rings is 1. The van der Waals surface area contributed by atoms with Gasteiger partial charge in [0.1, 0.15) is 0 Å². The predicted molar refractivity (Wildman–Crippen MR) is 105 cm³/mol. The van der Waals surface area contributed by atoms with Crippen molar-refractivity contribution in [3.8, 4) is 11.3 Å². The number of hydrogen-bond acceptors (Lipinski definition) is 4. The summed E-state index contributed by atoms with van der Waals surface area (Å²) < 4.78 is 0. The summed E-state index contributed by atoms with van der Waals surface area (Å²) in [6.45, 7) is 1.39. The first kappa shape index (κ1) is 17.6. The highest BCUT2D eigenvalue weighted by atomic mass is 35.5. The number of amides is 1. The smallest absolute Gasteiger partial charge is 0.253 e. The Morgan fingerprint density at radius 2 is 1.89 bits per heavy atom. The van der Waals surface area contributed by atoms with Crippen LogP contribution in [0.4, 0.5) is 0 Å². The molecule has 6 heteroatoms. The quantitative estimate of drug-likeness (QED) is 0.685. The summed E-state index contributed by atoms with van der Waals surface area (Å²) in [5.74, 6) is 0.183. The molecule has 1 unspecified atom stereocenters. The van der Waals surface area contributed by atoms with Crippen LogP contribution in [0.25, 0.3) is 11.3 Å². The first-order chi connectivity index (χ1) is 13.2. The Hall–Kier alpha value is -2.79. The molecule has 1 aromatic carbocycles. The van der Waals surface area contributed by atoms with Crippen molar-refractivity contribution in [3.05, 3.63) is 77.5 Å². The van der Waals surface area contributed by atoms with Crippen LogP contribution < -0.4 is 0 Å². The lowest BCUT2D eigenvalue weighted by molar-refractivity contribution is 0.0706. The van der Waals surface area contributed by atoms with Gasteiger partial charge in [-0.2, -0.15) is 0 Å². The minimum Gasteiger partial charge on any atom is -0.338 e. The van der Waals surface area contributed by atoms with Gasteiger partial charge in [-0.05, 0) is 37.1 Å². The molecule has 3 aromatic rings. The van der Waals surface area contributed by atoms with Crippen molar-refractivity contribution in [2.75, 3.05) is 13.1 Å². The standard InChI is InChI=1S/C21H19ClN4O/c22-18-5-1-3-16(13-18)19-20(25-11-10-24-19)17-4-2-12-26(14-17)21(27)15-6-8-23-9-7-15/h1,3,5-11,13,17H,2,4,12,14H2. The zero-order valence-corrected chi connectivity index (χ0v) is 15.5. The molecule has 27 heavy (non-hydrogen) atoms. The molecule has 1 saturated heterocycles. The monoisotopic (exact) mass is 378 g/mol. The van der Waals surface area contributed by atoms with E-state index in [4.69, 9.17) is 11.6 Å². The van der Waals surface area contributed by atoms with Crippen molar-refractivity contribution in [1.82, 2.24) is 19.9 Å². The number of carbonyl (C=O) groups excluding carboxylic acids is 1. The number of likely N-dealkylation sites (tertiary alicyclic amines) is 1. The first-order valence-corrected chi connectivity index (χ1v) is 9.36. The summed E-state index contributed by atoms with van der Waals surface area (Å²) in [6, 6.07) is 11.2. The highest BCUT2D eigenvalue weighted by Gasteiger charge is 2.28. The van der Waals surface area contributed by atoms with Crippen molar-refractivity contribution in [3.63, 3.8) is 0 Å². The van der Waals surface area contributed by atoms with Crippen LogP contribution in [-0.2, 0) is 0 Å². The van der Waals surface area contributed by atoms with Crippen LogP contribution in [0, 0.1) is 0 Å². The van der Waals surface area contributed by atoms with Crippen LogP contribution >= 0.6 is 11.6 Å². The van der Waals surface area contributed by atoms with Gasteiger partial charge in [0.05, 0.1) is 11.4 Å². The highest BCUT2D eigenvalue weighted by molar-refractivity contribution is 6.30. The third-order valence-electron chi connectivity index (χ3n) is 4.85. The van der Waals surface area contributed by atoms with Crippen molar-refractivity contribution < 1.29 is 4.79 Å². The topological polar surface area (TPSA) is 59.0 Å². The Bertz CT molecular complexity index is 948. The predicted octanol–water partition coefficient (Wildman–Crippen LogP) is 4.21. The molecule has 0 spiro atoms. The fourth-order valence-electron chi connectivity index (χ4n) is 3.57. The average molecular weight is 379 g/mol. The van der Waals surface area contributed by atoms with Crippen molar-refractivity contribution in [2.45, 2.75) is 18.8 Å². The zero-order chi connectivity index (χ0) is 18.6. The third-order valence-corrected chi connectivity index (χ3v) is 5.08. The molecule has 136 valence electrons. The summed E-state index contributed by atoms with van der Waals surface area (Å²) in [6.07, 6.45) is 8.62. The number of nitrogens with zero attached hydrogens (tertiary/aromatic N) is 4. The lowest BCUT2D eigenvalue weighted by Gasteiger charge is -2.33. The summed E-state index contributed by atoms with van der Waals surface area (Å²) in [5, 5.41) is 0.669. The number of rotatable bonds is 3. The van der Waals surface area contributed by atoms with Crippen LogP contribution in [-0.4, -0.2) is 38.8 Å². The van der Waals surface area contributed by atoms with Gasteiger partial charge in [-0.3, -0.25) is 19.7 Å². The summed E-state index contributed by atoms with van der Waals surface area (Å²) in [4.78, 5) is 27.9. The molecular weight excluding hydrogens is 360 g/mol. The van der Waals surface area contributed by atoms with Gasteiger partial charge in [-0.1, -0.05) is 23.7 Å². The van der Waals surface area contributed by atoms with Crippen molar-refractivity contribution in [2.24, 2.45) is 0 Å². The first-order valence-electron chi connectivity index (χ1n) is 8.98. The Balaban J connectivity index is 1.62. The molecule has 0 radical (unpaired) electrons. The van der Waals surface area contributed by atoms with Gasteiger partial charge in [0.15, 0.2) is 0 Å². The van der Waals surface area contributed by atoms with E-state index >= 15 is 0 Å². The zero-order valence-electron chi connectivity index (χ0n) is 14.8. The Kier molecular flexibility index (Phi) is 5.12. The number of piperidine rings is 1. The maximum absolute atomic E-state index is 12.8. The van der Waals surface area contributed by atoms with E-state index in [0.29, 0.717) is 17.1 Å². The normalized spacial score (nSPS) is 16.9. The van der Waals surface area contributed by atoms with E-state index in [1.54, 1.807) is 36.9 Å². The van der Waals surface area contributed by atoms with Crippen LogP contribution in [0.3, 0.4) is 0 Å². The average Bonchev–Trinajstić information content (AvgIpc) is 2.74. The SMILES string of the molecule is O=C(c1ccncc1)N1CCCC(c2nccnc2-c2cccc(Cl)c2)C1. The number of hydrogen-bond donors (Lipinski definition) is 0. The number of benzene rings is 1. The lowest BCUT2D eigenvalue weighted by atomic mass is 9.91. The molecule has 0 aliphatic carbocycles. The minimum absolute atomic E-state index is 0.0373. The van der Waals surface area contributed by atoms with Gasteiger partial charge in [-0.25, -0.2) is 0 Å². The molecule has 3 heterocycles. The molecule has 1 fully saturated rings. The Morgan fingerprint density at radius 3 is 2.70 bits per heavy atom. The molecule has 1 atom stereocenters. The van der Waals surface area contributed by atoms with E-state index < -0.39 is 0 Å². The van der Waals surface area contributed by atoms with E-state index in [2.05, 4.69) is 15.0 Å². The summed E-state index contributed by atoms with van der Waals surface area (Å²) in [7, 11) is 0. The van der Waals surface area contributed by atoms with Gasteiger partial charge in [-0.15, -0.1) is 0 Å². The number of aromatic nitrogens is 3. The number of carbonyl (C=O) groups is 1. The third kappa shape index (κ3) is 3.83.